The summed E-state index contributed by atoms with van der Waals surface area (Å²) in [6.07, 6.45) is 4.16. The molecule has 0 spiro atoms. The second-order valence-electron chi connectivity index (χ2n) is 8.10. The van der Waals surface area contributed by atoms with E-state index in [9.17, 15) is 0 Å². The van der Waals surface area contributed by atoms with Crippen LogP contribution in [0.1, 0.15) is 28.1 Å². The minimum atomic E-state index is 1.01. The van der Waals surface area contributed by atoms with E-state index in [0.29, 0.717) is 0 Å². The third kappa shape index (κ3) is 3.70. The molecule has 1 aliphatic heterocycles. The SMILES string of the molecule is Cc1ccc(CCn2c3c(c4ccccc42)CN(Cc2ccccc2)CC3)cn1. The maximum absolute atomic E-state index is 4.46. The van der Waals surface area contributed by atoms with Crippen molar-refractivity contribution >= 4 is 10.9 Å². The van der Waals surface area contributed by atoms with Crippen LogP contribution in [0.15, 0.2) is 72.9 Å². The summed E-state index contributed by atoms with van der Waals surface area (Å²) in [5, 5.41) is 1.42. The molecule has 0 N–H and O–H groups in total. The van der Waals surface area contributed by atoms with Crippen molar-refractivity contribution in [3.05, 3.63) is 101 Å². The van der Waals surface area contributed by atoms with Crippen LogP contribution in [-0.4, -0.2) is 21.0 Å². The molecule has 3 heterocycles. The van der Waals surface area contributed by atoms with E-state index in [-0.39, 0.29) is 0 Å². The first-order chi connectivity index (χ1) is 14.3. The molecule has 3 nitrogen and oxygen atoms in total. The van der Waals surface area contributed by atoms with E-state index in [2.05, 4.69) is 81.2 Å². The van der Waals surface area contributed by atoms with Crippen LogP contribution in [0.4, 0.5) is 0 Å². The van der Waals surface area contributed by atoms with Crippen molar-refractivity contribution < 1.29 is 0 Å². The normalized spacial score (nSPS) is 14.2. The van der Waals surface area contributed by atoms with Gasteiger partial charge in [-0.15, -0.1) is 0 Å². The number of hydrogen-bond donors (Lipinski definition) is 0. The number of rotatable bonds is 5. The average Bonchev–Trinajstić information content (AvgIpc) is 3.07. The minimum Gasteiger partial charge on any atom is -0.344 e. The molecule has 0 fully saturated rings. The zero-order valence-electron chi connectivity index (χ0n) is 17.0. The molecule has 3 heteroatoms. The van der Waals surface area contributed by atoms with Crippen molar-refractivity contribution in [3.8, 4) is 0 Å². The molecule has 0 radical (unpaired) electrons. The van der Waals surface area contributed by atoms with Crippen molar-refractivity contribution in [2.75, 3.05) is 6.54 Å². The molecule has 0 atom stereocenters. The fraction of sp³-hybridized carbons (Fsp3) is 0.269. The maximum Gasteiger partial charge on any atom is 0.0486 e. The van der Waals surface area contributed by atoms with Crippen molar-refractivity contribution in [3.63, 3.8) is 0 Å². The van der Waals surface area contributed by atoms with E-state index in [4.69, 9.17) is 0 Å². The smallest absolute Gasteiger partial charge is 0.0486 e. The standard InChI is InChI=1S/C26H27N3/c1-20-11-12-21(17-27-20)13-16-29-25-10-6-5-9-23(25)24-19-28(15-14-26(24)29)18-22-7-3-2-4-8-22/h2-12,17H,13-16,18-19H2,1H3. The molecule has 4 aromatic rings. The summed E-state index contributed by atoms with van der Waals surface area (Å²) in [5.41, 5.74) is 8.20. The van der Waals surface area contributed by atoms with E-state index in [1.807, 2.05) is 13.1 Å². The van der Waals surface area contributed by atoms with Gasteiger partial charge in [0.1, 0.15) is 0 Å². The van der Waals surface area contributed by atoms with Gasteiger partial charge in [-0.3, -0.25) is 9.88 Å². The van der Waals surface area contributed by atoms with E-state index >= 15 is 0 Å². The number of pyridine rings is 1. The van der Waals surface area contributed by atoms with E-state index in [0.717, 1.165) is 44.7 Å². The van der Waals surface area contributed by atoms with Crippen LogP contribution < -0.4 is 0 Å². The van der Waals surface area contributed by atoms with Gasteiger partial charge in [0, 0.05) is 61.1 Å². The first-order valence-corrected chi connectivity index (χ1v) is 10.5. The zero-order valence-corrected chi connectivity index (χ0v) is 17.0. The maximum atomic E-state index is 4.46. The molecular weight excluding hydrogens is 354 g/mol. The third-order valence-electron chi connectivity index (χ3n) is 6.09. The van der Waals surface area contributed by atoms with Gasteiger partial charge in [-0.1, -0.05) is 54.6 Å². The van der Waals surface area contributed by atoms with Gasteiger partial charge in [0.05, 0.1) is 0 Å². The molecule has 29 heavy (non-hydrogen) atoms. The Morgan fingerprint density at radius 2 is 1.72 bits per heavy atom. The Labute approximate surface area is 172 Å². The number of aromatic nitrogens is 2. The molecule has 2 aromatic carbocycles. The number of nitrogens with zero attached hydrogens (tertiary/aromatic N) is 3. The molecule has 146 valence electrons. The lowest BCUT2D eigenvalue weighted by atomic mass is 10.0. The average molecular weight is 382 g/mol. The molecule has 0 unspecified atom stereocenters. The fourth-order valence-corrected chi connectivity index (χ4v) is 4.58. The summed E-state index contributed by atoms with van der Waals surface area (Å²) in [6, 6.07) is 24.1. The fourth-order valence-electron chi connectivity index (χ4n) is 4.58. The van der Waals surface area contributed by atoms with Gasteiger partial charge in [0.2, 0.25) is 0 Å². The van der Waals surface area contributed by atoms with Crippen LogP contribution in [0, 0.1) is 6.92 Å². The van der Waals surface area contributed by atoms with Gasteiger partial charge in [0.25, 0.3) is 0 Å². The summed E-state index contributed by atoms with van der Waals surface area (Å²) in [4.78, 5) is 7.04. The first kappa shape index (κ1) is 18.1. The predicted molar refractivity (Wildman–Crippen MR) is 119 cm³/mol. The Morgan fingerprint density at radius 3 is 2.55 bits per heavy atom. The van der Waals surface area contributed by atoms with Crippen LogP contribution in [0.2, 0.25) is 0 Å². The molecule has 0 aliphatic carbocycles. The molecule has 1 aliphatic rings. The van der Waals surface area contributed by atoms with E-state index in [1.165, 1.54) is 33.3 Å². The Hall–Kier alpha value is -2.91. The van der Waals surface area contributed by atoms with Crippen molar-refractivity contribution in [1.29, 1.82) is 0 Å². The Balaban J connectivity index is 1.42. The van der Waals surface area contributed by atoms with Crippen molar-refractivity contribution in [2.24, 2.45) is 0 Å². The number of para-hydroxylation sites is 1. The van der Waals surface area contributed by atoms with Crippen molar-refractivity contribution in [2.45, 2.75) is 39.4 Å². The number of aryl methyl sites for hydroxylation is 3. The number of hydrogen-bond acceptors (Lipinski definition) is 2. The van der Waals surface area contributed by atoms with Gasteiger partial charge in [-0.2, -0.15) is 0 Å². The lowest BCUT2D eigenvalue weighted by Crippen LogP contribution is -2.30. The highest BCUT2D eigenvalue weighted by Crippen LogP contribution is 2.31. The second-order valence-corrected chi connectivity index (χ2v) is 8.10. The Kier molecular flexibility index (Phi) is 4.91. The monoisotopic (exact) mass is 381 g/mol. The molecule has 0 saturated carbocycles. The van der Waals surface area contributed by atoms with E-state index in [1.54, 1.807) is 0 Å². The van der Waals surface area contributed by atoms with Gasteiger partial charge in [-0.25, -0.2) is 0 Å². The summed E-state index contributed by atoms with van der Waals surface area (Å²) in [7, 11) is 0. The summed E-state index contributed by atoms with van der Waals surface area (Å²) in [5.74, 6) is 0. The molecule has 0 saturated heterocycles. The Morgan fingerprint density at radius 1 is 0.897 bits per heavy atom. The Bertz CT molecular complexity index is 1110. The quantitative estimate of drug-likeness (QED) is 0.477. The van der Waals surface area contributed by atoms with Gasteiger partial charge >= 0.3 is 0 Å². The van der Waals surface area contributed by atoms with Gasteiger partial charge in [-0.05, 0) is 42.2 Å². The highest BCUT2D eigenvalue weighted by molar-refractivity contribution is 5.85. The van der Waals surface area contributed by atoms with Crippen LogP contribution in [0.25, 0.3) is 10.9 Å². The largest absolute Gasteiger partial charge is 0.344 e. The highest BCUT2D eigenvalue weighted by Gasteiger charge is 2.23. The zero-order chi connectivity index (χ0) is 19.6. The molecular formula is C26H27N3. The number of fused-ring (bicyclic) bond motifs is 3. The summed E-state index contributed by atoms with van der Waals surface area (Å²) < 4.78 is 2.56. The lowest BCUT2D eigenvalue weighted by Gasteiger charge is -2.28. The first-order valence-electron chi connectivity index (χ1n) is 10.5. The van der Waals surface area contributed by atoms with Crippen LogP contribution in [-0.2, 0) is 32.5 Å². The highest BCUT2D eigenvalue weighted by atomic mass is 15.1. The number of benzene rings is 2. The summed E-state index contributed by atoms with van der Waals surface area (Å²) >= 11 is 0. The van der Waals surface area contributed by atoms with Crippen molar-refractivity contribution in [1.82, 2.24) is 14.5 Å². The van der Waals surface area contributed by atoms with Crippen LogP contribution >= 0.6 is 0 Å². The lowest BCUT2D eigenvalue weighted by molar-refractivity contribution is 0.243. The van der Waals surface area contributed by atoms with Gasteiger partial charge in [0.15, 0.2) is 0 Å². The van der Waals surface area contributed by atoms with Crippen LogP contribution in [0.5, 0.6) is 0 Å². The molecule has 2 aromatic heterocycles. The summed E-state index contributed by atoms with van der Waals surface area (Å²) in [6.45, 7) is 6.23. The van der Waals surface area contributed by atoms with E-state index < -0.39 is 0 Å². The minimum absolute atomic E-state index is 1.01. The topological polar surface area (TPSA) is 21.1 Å². The molecule has 0 bridgehead atoms. The van der Waals surface area contributed by atoms with Gasteiger partial charge < -0.3 is 4.57 Å². The second kappa shape index (κ2) is 7.84. The predicted octanol–water partition coefficient (Wildman–Crippen LogP) is 5.15. The van der Waals surface area contributed by atoms with Crippen LogP contribution in [0.3, 0.4) is 0 Å². The molecule has 0 amide bonds. The third-order valence-corrected chi connectivity index (χ3v) is 6.09. The molecule has 5 rings (SSSR count).